The van der Waals surface area contributed by atoms with Crippen LogP contribution in [0.3, 0.4) is 0 Å². The summed E-state index contributed by atoms with van der Waals surface area (Å²) in [5.74, 6) is 1.96. The van der Waals surface area contributed by atoms with Crippen molar-refractivity contribution in [2.24, 2.45) is 5.92 Å². The Morgan fingerprint density at radius 1 is 1.35 bits per heavy atom. The minimum atomic E-state index is 0.633. The summed E-state index contributed by atoms with van der Waals surface area (Å²) in [6, 6.07) is 4.78. The summed E-state index contributed by atoms with van der Waals surface area (Å²) in [7, 11) is 2.10. The quantitative estimate of drug-likeness (QED) is 0.886. The van der Waals surface area contributed by atoms with Crippen molar-refractivity contribution in [1.29, 1.82) is 0 Å². The largest absolute Gasteiger partial charge is 0.493 e. The number of ether oxygens (including phenoxy) is 1. The minimum absolute atomic E-state index is 0.633. The summed E-state index contributed by atoms with van der Waals surface area (Å²) in [6.07, 6.45) is 8.81. The first-order chi connectivity index (χ1) is 9.78. The molecular weight excluding hydrogens is 270 g/mol. The molecule has 1 aliphatic heterocycles. The third kappa shape index (κ3) is 2.96. The molecule has 1 heterocycles. The van der Waals surface area contributed by atoms with Crippen LogP contribution in [-0.2, 0) is 12.8 Å². The highest BCUT2D eigenvalue weighted by molar-refractivity contribution is 6.30. The third-order valence-electron chi connectivity index (χ3n) is 4.89. The summed E-state index contributed by atoms with van der Waals surface area (Å²) in [4.78, 5) is 0. The fourth-order valence-corrected chi connectivity index (χ4v) is 4.08. The molecule has 1 unspecified atom stereocenters. The lowest BCUT2D eigenvalue weighted by Gasteiger charge is -2.23. The van der Waals surface area contributed by atoms with E-state index in [0.717, 1.165) is 36.1 Å². The van der Waals surface area contributed by atoms with Crippen molar-refractivity contribution in [2.45, 2.75) is 51.0 Å². The molecule has 1 saturated carbocycles. The maximum Gasteiger partial charge on any atom is 0.125 e. The normalized spacial score (nSPS) is 19.9. The molecule has 110 valence electrons. The summed E-state index contributed by atoms with van der Waals surface area (Å²) in [6.45, 7) is 0.806. The molecule has 1 aliphatic carbocycles. The van der Waals surface area contributed by atoms with Crippen LogP contribution in [0.2, 0.25) is 5.02 Å². The van der Waals surface area contributed by atoms with Gasteiger partial charge in [0.05, 0.1) is 6.61 Å². The zero-order valence-electron chi connectivity index (χ0n) is 12.3. The second kappa shape index (κ2) is 6.36. The Labute approximate surface area is 126 Å². The van der Waals surface area contributed by atoms with Crippen LogP contribution < -0.4 is 10.1 Å². The highest BCUT2D eigenvalue weighted by Gasteiger charge is 2.24. The molecule has 0 spiro atoms. The zero-order chi connectivity index (χ0) is 13.9. The van der Waals surface area contributed by atoms with E-state index in [2.05, 4.69) is 24.5 Å². The van der Waals surface area contributed by atoms with E-state index < -0.39 is 0 Å². The van der Waals surface area contributed by atoms with Crippen LogP contribution in [0.4, 0.5) is 0 Å². The third-order valence-corrected chi connectivity index (χ3v) is 5.11. The predicted molar refractivity (Wildman–Crippen MR) is 83.8 cm³/mol. The van der Waals surface area contributed by atoms with Crippen molar-refractivity contribution < 1.29 is 4.74 Å². The molecule has 1 atom stereocenters. The Balaban J connectivity index is 1.68. The molecule has 0 radical (unpaired) electrons. The standard InChI is InChI=1S/C17H24ClNO/c1-19-16(12-4-2-3-5-12)7-6-13-10-15(18)11-14-8-9-20-17(13)14/h10-12,16,19H,2-9H2,1H3. The van der Waals surface area contributed by atoms with E-state index in [4.69, 9.17) is 16.3 Å². The summed E-state index contributed by atoms with van der Waals surface area (Å²) in [5, 5.41) is 4.38. The van der Waals surface area contributed by atoms with Crippen LogP contribution in [0.1, 0.15) is 43.2 Å². The Morgan fingerprint density at radius 2 is 2.15 bits per heavy atom. The van der Waals surface area contributed by atoms with Crippen LogP contribution in [0, 0.1) is 5.92 Å². The van der Waals surface area contributed by atoms with Gasteiger partial charge >= 0.3 is 0 Å². The molecule has 0 saturated heterocycles. The van der Waals surface area contributed by atoms with E-state index in [1.165, 1.54) is 43.2 Å². The van der Waals surface area contributed by atoms with Gasteiger partial charge in [0.25, 0.3) is 0 Å². The lowest BCUT2D eigenvalue weighted by atomic mass is 9.92. The van der Waals surface area contributed by atoms with Crippen molar-refractivity contribution in [1.82, 2.24) is 5.32 Å². The maximum absolute atomic E-state index is 6.23. The van der Waals surface area contributed by atoms with Gasteiger partial charge in [-0.3, -0.25) is 0 Å². The first-order valence-corrected chi connectivity index (χ1v) is 8.27. The molecule has 1 fully saturated rings. The number of rotatable bonds is 5. The Morgan fingerprint density at radius 3 is 2.90 bits per heavy atom. The number of halogens is 1. The molecule has 20 heavy (non-hydrogen) atoms. The Kier molecular flexibility index (Phi) is 4.52. The fourth-order valence-electron chi connectivity index (χ4n) is 3.82. The van der Waals surface area contributed by atoms with E-state index in [-0.39, 0.29) is 0 Å². The van der Waals surface area contributed by atoms with Gasteiger partial charge in [0.15, 0.2) is 0 Å². The van der Waals surface area contributed by atoms with Gasteiger partial charge in [0.2, 0.25) is 0 Å². The van der Waals surface area contributed by atoms with Crippen molar-refractivity contribution in [3.8, 4) is 5.75 Å². The van der Waals surface area contributed by atoms with Gasteiger partial charge in [0, 0.05) is 17.5 Å². The monoisotopic (exact) mass is 293 g/mol. The lowest BCUT2D eigenvalue weighted by molar-refractivity contribution is 0.343. The summed E-state index contributed by atoms with van der Waals surface area (Å²) >= 11 is 6.23. The van der Waals surface area contributed by atoms with E-state index >= 15 is 0 Å². The molecule has 1 N–H and O–H groups in total. The highest BCUT2D eigenvalue weighted by atomic mass is 35.5. The average molecular weight is 294 g/mol. The van der Waals surface area contributed by atoms with Crippen LogP contribution in [0.15, 0.2) is 12.1 Å². The van der Waals surface area contributed by atoms with E-state index in [0.29, 0.717) is 6.04 Å². The van der Waals surface area contributed by atoms with Crippen molar-refractivity contribution >= 4 is 11.6 Å². The van der Waals surface area contributed by atoms with E-state index in [1.54, 1.807) is 0 Å². The molecule has 0 bridgehead atoms. The number of fused-ring (bicyclic) bond motifs is 1. The first-order valence-electron chi connectivity index (χ1n) is 7.89. The molecule has 1 aromatic carbocycles. The number of hydrogen-bond acceptors (Lipinski definition) is 2. The average Bonchev–Trinajstić information content (AvgIpc) is 3.09. The maximum atomic E-state index is 6.23. The Bertz CT molecular complexity index is 468. The van der Waals surface area contributed by atoms with Crippen LogP contribution in [0.25, 0.3) is 0 Å². The summed E-state index contributed by atoms with van der Waals surface area (Å²) < 4.78 is 5.80. The number of aryl methyl sites for hydroxylation is 1. The van der Waals surface area contributed by atoms with Gasteiger partial charge < -0.3 is 10.1 Å². The molecule has 3 heteroatoms. The topological polar surface area (TPSA) is 21.3 Å². The van der Waals surface area contributed by atoms with Crippen molar-refractivity contribution in [2.75, 3.05) is 13.7 Å². The molecule has 3 rings (SSSR count). The van der Waals surface area contributed by atoms with Gasteiger partial charge in [0.1, 0.15) is 5.75 Å². The van der Waals surface area contributed by atoms with Gasteiger partial charge in [-0.1, -0.05) is 24.4 Å². The summed E-state index contributed by atoms with van der Waals surface area (Å²) in [5.41, 5.74) is 2.58. The molecule has 0 aromatic heterocycles. The lowest BCUT2D eigenvalue weighted by Crippen LogP contribution is -2.32. The SMILES string of the molecule is CNC(CCc1cc(Cl)cc2c1OCC2)C1CCCC1. The zero-order valence-corrected chi connectivity index (χ0v) is 13.0. The highest BCUT2D eigenvalue weighted by Crippen LogP contribution is 2.35. The predicted octanol–water partition coefficient (Wildman–Crippen LogP) is 3.99. The van der Waals surface area contributed by atoms with Crippen LogP contribution >= 0.6 is 11.6 Å². The number of nitrogens with one attached hydrogen (secondary N) is 1. The smallest absolute Gasteiger partial charge is 0.125 e. The molecule has 2 aliphatic rings. The second-order valence-corrected chi connectivity index (χ2v) is 6.57. The van der Waals surface area contributed by atoms with Gasteiger partial charge in [-0.05, 0) is 61.9 Å². The van der Waals surface area contributed by atoms with Gasteiger partial charge in [-0.15, -0.1) is 0 Å². The fraction of sp³-hybridized carbons (Fsp3) is 0.647. The molecule has 0 amide bonds. The minimum Gasteiger partial charge on any atom is -0.493 e. The second-order valence-electron chi connectivity index (χ2n) is 6.13. The van der Waals surface area contributed by atoms with Crippen molar-refractivity contribution in [3.63, 3.8) is 0 Å². The number of benzene rings is 1. The van der Waals surface area contributed by atoms with Crippen LogP contribution in [0.5, 0.6) is 5.75 Å². The van der Waals surface area contributed by atoms with E-state index in [1.807, 2.05) is 0 Å². The molecular formula is C17H24ClNO. The van der Waals surface area contributed by atoms with Crippen LogP contribution in [-0.4, -0.2) is 19.7 Å². The van der Waals surface area contributed by atoms with E-state index in [9.17, 15) is 0 Å². The Hall–Kier alpha value is -0.730. The van der Waals surface area contributed by atoms with Gasteiger partial charge in [-0.25, -0.2) is 0 Å². The molecule has 2 nitrogen and oxygen atoms in total. The first kappa shape index (κ1) is 14.2. The van der Waals surface area contributed by atoms with Gasteiger partial charge in [-0.2, -0.15) is 0 Å². The van der Waals surface area contributed by atoms with Crippen molar-refractivity contribution in [3.05, 3.63) is 28.3 Å². The number of hydrogen-bond donors (Lipinski definition) is 1. The molecule has 1 aromatic rings.